The number of para-hydroxylation sites is 1. The van der Waals surface area contributed by atoms with E-state index in [4.69, 9.17) is 12.7 Å². The highest BCUT2D eigenvalue weighted by atomic mass is 32.2. The number of ether oxygens (including phenoxy) is 1. The van der Waals surface area contributed by atoms with E-state index in [1.807, 2.05) is 39.0 Å². The van der Waals surface area contributed by atoms with E-state index in [9.17, 15) is 9.00 Å². The van der Waals surface area contributed by atoms with Crippen molar-refractivity contribution >= 4 is 24.7 Å². The van der Waals surface area contributed by atoms with Gasteiger partial charge in [0, 0.05) is 22.8 Å². The first-order chi connectivity index (χ1) is 10.3. The predicted octanol–water partition coefficient (Wildman–Crippen LogP) is 0.607. The monoisotopic (exact) mass is 322 g/mol. The zero-order valence-electron chi connectivity index (χ0n) is 13.5. The lowest BCUT2D eigenvalue weighted by molar-refractivity contribution is -0.123. The SMILES string of the molecule is [B]N[C@@H](CS(C)=O)C(=O)NC(C)COc1c(C)cccc1C. The molecule has 3 atom stereocenters. The van der Waals surface area contributed by atoms with Crippen molar-refractivity contribution in [2.24, 2.45) is 0 Å². The van der Waals surface area contributed by atoms with E-state index in [2.05, 4.69) is 10.5 Å². The average Bonchev–Trinajstić information content (AvgIpc) is 2.43. The molecule has 2 N–H and O–H groups in total. The van der Waals surface area contributed by atoms with Crippen molar-refractivity contribution in [3.63, 3.8) is 0 Å². The van der Waals surface area contributed by atoms with Gasteiger partial charge in [-0.1, -0.05) is 18.2 Å². The summed E-state index contributed by atoms with van der Waals surface area (Å²) in [5, 5.41) is 5.19. The van der Waals surface area contributed by atoms with Crippen molar-refractivity contribution in [3.05, 3.63) is 29.3 Å². The van der Waals surface area contributed by atoms with Crippen LogP contribution in [0.2, 0.25) is 0 Å². The summed E-state index contributed by atoms with van der Waals surface area (Å²) in [6.07, 6.45) is 1.53. The Labute approximate surface area is 136 Å². The summed E-state index contributed by atoms with van der Waals surface area (Å²) in [6.45, 7) is 6.17. The number of rotatable bonds is 8. The normalized spacial score (nSPS) is 14.9. The van der Waals surface area contributed by atoms with Crippen LogP contribution in [0, 0.1) is 13.8 Å². The minimum atomic E-state index is -1.11. The maximum atomic E-state index is 12.0. The highest BCUT2D eigenvalue weighted by Crippen LogP contribution is 2.22. The van der Waals surface area contributed by atoms with Gasteiger partial charge in [0.05, 0.1) is 12.1 Å². The Morgan fingerprint density at radius 1 is 1.36 bits per heavy atom. The lowest BCUT2D eigenvalue weighted by Crippen LogP contribution is -2.50. The van der Waals surface area contributed by atoms with Gasteiger partial charge in [-0.05, 0) is 31.9 Å². The molecule has 0 saturated carbocycles. The molecule has 0 spiro atoms. The van der Waals surface area contributed by atoms with Gasteiger partial charge in [-0.3, -0.25) is 9.00 Å². The predicted molar refractivity (Wildman–Crippen MR) is 90.6 cm³/mol. The first-order valence-electron chi connectivity index (χ1n) is 7.10. The van der Waals surface area contributed by atoms with E-state index in [0.29, 0.717) is 6.61 Å². The minimum absolute atomic E-state index is 0.173. The second-order valence-electron chi connectivity index (χ2n) is 5.40. The van der Waals surface area contributed by atoms with Gasteiger partial charge in [-0.15, -0.1) is 0 Å². The molecule has 2 unspecified atom stereocenters. The molecule has 0 aromatic heterocycles. The Bertz CT molecular complexity index is 519. The van der Waals surface area contributed by atoms with E-state index in [1.165, 1.54) is 6.26 Å². The molecule has 120 valence electrons. The summed E-state index contributed by atoms with van der Waals surface area (Å²) in [5.41, 5.74) is 2.11. The van der Waals surface area contributed by atoms with Crippen molar-refractivity contribution in [2.45, 2.75) is 32.9 Å². The summed E-state index contributed by atoms with van der Waals surface area (Å²) >= 11 is 0. The first kappa shape index (κ1) is 18.7. The molecule has 2 radical (unpaired) electrons. The third kappa shape index (κ3) is 5.81. The molecule has 5 nitrogen and oxygen atoms in total. The summed E-state index contributed by atoms with van der Waals surface area (Å²) < 4.78 is 17.0. The average molecular weight is 322 g/mol. The molecule has 0 saturated heterocycles. The summed E-state index contributed by atoms with van der Waals surface area (Å²) in [4.78, 5) is 12.0. The minimum Gasteiger partial charge on any atom is -0.491 e. The number of benzene rings is 1. The zero-order chi connectivity index (χ0) is 16.7. The van der Waals surface area contributed by atoms with Gasteiger partial charge in [-0.25, -0.2) is 0 Å². The second kappa shape index (κ2) is 8.95. The molecule has 1 aromatic rings. The topological polar surface area (TPSA) is 67.4 Å². The van der Waals surface area contributed by atoms with Crippen molar-refractivity contribution in [1.29, 1.82) is 0 Å². The van der Waals surface area contributed by atoms with Crippen LogP contribution in [0.15, 0.2) is 18.2 Å². The number of aryl methyl sites for hydroxylation is 2. The molecular weight excluding hydrogens is 299 g/mol. The number of hydrogen-bond acceptors (Lipinski definition) is 4. The van der Waals surface area contributed by atoms with Gasteiger partial charge in [0.15, 0.2) is 7.98 Å². The van der Waals surface area contributed by atoms with Crippen LogP contribution < -0.4 is 15.3 Å². The van der Waals surface area contributed by atoms with Gasteiger partial charge in [0.25, 0.3) is 0 Å². The van der Waals surface area contributed by atoms with Gasteiger partial charge >= 0.3 is 0 Å². The van der Waals surface area contributed by atoms with Crippen molar-refractivity contribution < 1.29 is 13.7 Å². The molecule has 0 aliphatic heterocycles. The van der Waals surface area contributed by atoms with Crippen LogP contribution in [0.5, 0.6) is 5.75 Å². The third-order valence-corrected chi connectivity index (χ3v) is 4.00. The van der Waals surface area contributed by atoms with E-state index in [1.54, 1.807) is 0 Å². The Hall–Kier alpha value is -1.34. The molecule has 1 aromatic carbocycles. The van der Waals surface area contributed by atoms with Gasteiger partial charge in [0.2, 0.25) is 5.91 Å². The quantitative estimate of drug-likeness (QED) is 0.688. The molecule has 7 heteroatoms. The fraction of sp³-hybridized carbons (Fsp3) is 0.533. The zero-order valence-corrected chi connectivity index (χ0v) is 14.3. The van der Waals surface area contributed by atoms with Crippen molar-refractivity contribution in [1.82, 2.24) is 10.5 Å². The highest BCUT2D eigenvalue weighted by molar-refractivity contribution is 7.84. The lowest BCUT2D eigenvalue weighted by Gasteiger charge is -2.20. The second-order valence-corrected chi connectivity index (χ2v) is 6.88. The molecule has 22 heavy (non-hydrogen) atoms. The Balaban J connectivity index is 2.54. The van der Waals surface area contributed by atoms with E-state index in [0.717, 1.165) is 16.9 Å². The maximum absolute atomic E-state index is 12.0. The van der Waals surface area contributed by atoms with E-state index >= 15 is 0 Å². The third-order valence-electron chi connectivity index (χ3n) is 3.19. The molecule has 0 fully saturated rings. The molecule has 0 aliphatic carbocycles. The van der Waals surface area contributed by atoms with E-state index < -0.39 is 16.8 Å². The van der Waals surface area contributed by atoms with Crippen LogP contribution >= 0.6 is 0 Å². The smallest absolute Gasteiger partial charge is 0.237 e. The van der Waals surface area contributed by atoms with Crippen LogP contribution in [0.25, 0.3) is 0 Å². The van der Waals surface area contributed by atoms with Gasteiger partial charge in [0.1, 0.15) is 12.4 Å². The number of amides is 1. The lowest BCUT2D eigenvalue weighted by atomic mass is 10.1. The Kier molecular flexibility index (Phi) is 7.61. The first-order valence-corrected chi connectivity index (χ1v) is 8.83. The number of hydrogen-bond donors (Lipinski definition) is 2. The molecule has 0 heterocycles. The summed E-state index contributed by atoms with van der Waals surface area (Å²) in [7, 11) is 4.22. The Morgan fingerprint density at radius 3 is 2.45 bits per heavy atom. The number of nitrogens with one attached hydrogen (secondary N) is 2. The summed E-state index contributed by atoms with van der Waals surface area (Å²) in [6, 6.07) is 5.08. The Morgan fingerprint density at radius 2 is 1.95 bits per heavy atom. The number of carbonyl (C=O) groups is 1. The molecule has 0 bridgehead atoms. The molecular formula is C15H23BN2O3S. The van der Waals surface area contributed by atoms with Crippen LogP contribution in [0.1, 0.15) is 18.1 Å². The van der Waals surface area contributed by atoms with Crippen molar-refractivity contribution in [2.75, 3.05) is 18.6 Å². The number of carbonyl (C=O) groups excluding carboxylic acids is 1. The van der Waals surface area contributed by atoms with Crippen molar-refractivity contribution in [3.8, 4) is 5.75 Å². The molecule has 1 amide bonds. The van der Waals surface area contributed by atoms with Crippen LogP contribution in [-0.2, 0) is 15.6 Å². The standard InChI is InChI=1S/C15H23BN2O3S/c1-10-6-5-7-11(2)14(10)21-8-12(3)17-15(19)13(18-16)9-22(4)20/h5-7,12-13,18H,8-9H2,1-4H3,(H,17,19)/t12?,13-,22?/m0/s1. The van der Waals surface area contributed by atoms with Gasteiger partial charge < -0.3 is 15.3 Å². The highest BCUT2D eigenvalue weighted by Gasteiger charge is 2.19. The molecule has 0 aliphatic rings. The fourth-order valence-electron chi connectivity index (χ4n) is 2.05. The van der Waals surface area contributed by atoms with Crippen LogP contribution in [0.4, 0.5) is 0 Å². The van der Waals surface area contributed by atoms with Crippen LogP contribution in [0.3, 0.4) is 0 Å². The van der Waals surface area contributed by atoms with E-state index in [-0.39, 0.29) is 17.7 Å². The van der Waals surface area contributed by atoms with Crippen LogP contribution in [-0.4, -0.2) is 48.8 Å². The fourth-order valence-corrected chi connectivity index (χ4v) is 2.77. The summed E-state index contributed by atoms with van der Waals surface area (Å²) in [5.74, 6) is 0.731. The van der Waals surface area contributed by atoms with Gasteiger partial charge in [-0.2, -0.15) is 0 Å². The molecule has 1 rings (SSSR count). The largest absolute Gasteiger partial charge is 0.491 e. The maximum Gasteiger partial charge on any atom is 0.237 e.